The Morgan fingerprint density at radius 2 is 1.83 bits per heavy atom. The monoisotopic (exact) mass is 246 g/mol. The van der Waals surface area contributed by atoms with Gasteiger partial charge in [0, 0.05) is 13.1 Å². The molecule has 0 bridgehead atoms. The number of amides is 1. The van der Waals surface area contributed by atoms with Crippen molar-refractivity contribution in [3.63, 3.8) is 0 Å². The van der Waals surface area contributed by atoms with Crippen molar-refractivity contribution < 1.29 is 4.79 Å². The molecule has 0 atom stereocenters. The fourth-order valence-corrected chi connectivity index (χ4v) is 2.40. The molecule has 2 rings (SSSR count). The summed E-state index contributed by atoms with van der Waals surface area (Å²) in [5.41, 5.74) is 2.80. The Labute approximate surface area is 109 Å². The third-order valence-corrected chi connectivity index (χ3v) is 3.48. The van der Waals surface area contributed by atoms with E-state index in [0.29, 0.717) is 6.54 Å². The number of hydrogen-bond acceptors (Lipinski definition) is 2. The van der Waals surface area contributed by atoms with Gasteiger partial charge in [0.05, 0.1) is 6.54 Å². The van der Waals surface area contributed by atoms with E-state index in [1.54, 1.807) is 0 Å². The maximum absolute atomic E-state index is 12.0. The second kappa shape index (κ2) is 6.55. The van der Waals surface area contributed by atoms with Gasteiger partial charge in [-0.25, -0.2) is 0 Å². The van der Waals surface area contributed by atoms with Crippen LogP contribution in [0.5, 0.6) is 0 Å². The Bertz CT molecular complexity index is 376. The van der Waals surface area contributed by atoms with Gasteiger partial charge in [0.25, 0.3) is 0 Å². The smallest absolute Gasteiger partial charge is 0.236 e. The third kappa shape index (κ3) is 3.33. The van der Waals surface area contributed by atoms with Crippen LogP contribution in [0.4, 0.5) is 0 Å². The first-order chi connectivity index (χ1) is 8.81. The van der Waals surface area contributed by atoms with Crippen molar-refractivity contribution >= 4 is 5.91 Å². The highest BCUT2D eigenvalue weighted by molar-refractivity contribution is 5.78. The van der Waals surface area contributed by atoms with Crippen LogP contribution in [0.15, 0.2) is 24.3 Å². The molecule has 1 N–H and O–H groups in total. The standard InChI is InChI=1S/C15H22N2O/c1-2-9-16-12-15(18)17-10-7-13-5-3-4-6-14(13)8-11-17/h3-6,16H,2,7-12H2,1H3. The Morgan fingerprint density at radius 3 is 2.39 bits per heavy atom. The highest BCUT2D eigenvalue weighted by atomic mass is 16.2. The minimum Gasteiger partial charge on any atom is -0.341 e. The van der Waals surface area contributed by atoms with Crippen molar-refractivity contribution in [2.24, 2.45) is 0 Å². The minimum absolute atomic E-state index is 0.233. The number of benzene rings is 1. The van der Waals surface area contributed by atoms with E-state index in [1.165, 1.54) is 11.1 Å². The Morgan fingerprint density at radius 1 is 1.22 bits per heavy atom. The van der Waals surface area contributed by atoms with Gasteiger partial charge in [0.1, 0.15) is 0 Å². The predicted molar refractivity (Wildman–Crippen MR) is 73.6 cm³/mol. The van der Waals surface area contributed by atoms with Crippen LogP contribution in [-0.2, 0) is 17.6 Å². The predicted octanol–water partition coefficient (Wildman–Crippen LogP) is 1.61. The molecule has 1 aliphatic heterocycles. The molecule has 3 heteroatoms. The summed E-state index contributed by atoms with van der Waals surface area (Å²) < 4.78 is 0. The van der Waals surface area contributed by atoms with Gasteiger partial charge in [-0.15, -0.1) is 0 Å². The fourth-order valence-electron chi connectivity index (χ4n) is 2.40. The lowest BCUT2D eigenvalue weighted by Crippen LogP contribution is -2.39. The van der Waals surface area contributed by atoms with Crippen LogP contribution in [0.1, 0.15) is 24.5 Å². The first-order valence-corrected chi connectivity index (χ1v) is 6.86. The molecule has 18 heavy (non-hydrogen) atoms. The molecule has 0 unspecified atom stereocenters. The van der Waals surface area contributed by atoms with Gasteiger partial charge in [-0.05, 0) is 36.9 Å². The number of hydrogen-bond donors (Lipinski definition) is 1. The lowest BCUT2D eigenvalue weighted by molar-refractivity contribution is -0.130. The first kappa shape index (κ1) is 13.1. The lowest BCUT2D eigenvalue weighted by Gasteiger charge is -2.20. The molecular weight excluding hydrogens is 224 g/mol. The van der Waals surface area contributed by atoms with E-state index in [-0.39, 0.29) is 5.91 Å². The van der Waals surface area contributed by atoms with E-state index in [2.05, 4.69) is 36.5 Å². The van der Waals surface area contributed by atoms with E-state index in [4.69, 9.17) is 0 Å². The molecule has 98 valence electrons. The first-order valence-electron chi connectivity index (χ1n) is 6.86. The lowest BCUT2D eigenvalue weighted by atomic mass is 10.0. The molecule has 0 fully saturated rings. The van der Waals surface area contributed by atoms with Crippen LogP contribution < -0.4 is 5.32 Å². The maximum Gasteiger partial charge on any atom is 0.236 e. The third-order valence-electron chi connectivity index (χ3n) is 3.48. The minimum atomic E-state index is 0.233. The van der Waals surface area contributed by atoms with Crippen LogP contribution in [0.2, 0.25) is 0 Å². The zero-order chi connectivity index (χ0) is 12.8. The number of fused-ring (bicyclic) bond motifs is 1. The van der Waals surface area contributed by atoms with Crippen molar-refractivity contribution in [1.29, 1.82) is 0 Å². The summed E-state index contributed by atoms with van der Waals surface area (Å²) in [5, 5.41) is 3.18. The number of nitrogens with zero attached hydrogens (tertiary/aromatic N) is 1. The Balaban J connectivity index is 1.89. The van der Waals surface area contributed by atoms with Crippen LogP contribution in [0.3, 0.4) is 0 Å². The molecule has 0 spiro atoms. The molecule has 0 saturated heterocycles. The molecule has 1 heterocycles. The van der Waals surface area contributed by atoms with Gasteiger partial charge >= 0.3 is 0 Å². The fraction of sp³-hybridized carbons (Fsp3) is 0.533. The van der Waals surface area contributed by atoms with E-state index in [0.717, 1.165) is 38.9 Å². The molecule has 1 aliphatic rings. The van der Waals surface area contributed by atoms with Gasteiger partial charge in [0.15, 0.2) is 0 Å². The Kier molecular flexibility index (Phi) is 4.76. The van der Waals surface area contributed by atoms with Gasteiger partial charge in [-0.2, -0.15) is 0 Å². The molecule has 0 aromatic heterocycles. The molecule has 3 nitrogen and oxygen atoms in total. The zero-order valence-electron chi connectivity index (χ0n) is 11.1. The van der Waals surface area contributed by atoms with Gasteiger partial charge in [-0.3, -0.25) is 4.79 Å². The van der Waals surface area contributed by atoms with E-state index in [9.17, 15) is 4.79 Å². The van der Waals surface area contributed by atoms with E-state index in [1.807, 2.05) is 4.90 Å². The summed E-state index contributed by atoms with van der Waals surface area (Å²) in [7, 11) is 0. The largest absolute Gasteiger partial charge is 0.341 e. The molecule has 0 aliphatic carbocycles. The number of rotatable bonds is 4. The highest BCUT2D eigenvalue weighted by Crippen LogP contribution is 2.15. The summed E-state index contributed by atoms with van der Waals surface area (Å²) in [5.74, 6) is 0.233. The molecule has 1 aromatic rings. The van der Waals surface area contributed by atoms with Crippen LogP contribution in [0, 0.1) is 0 Å². The van der Waals surface area contributed by atoms with Gasteiger partial charge in [0.2, 0.25) is 5.91 Å². The molecule has 0 saturated carbocycles. The van der Waals surface area contributed by atoms with Crippen molar-refractivity contribution in [3.8, 4) is 0 Å². The molecular formula is C15H22N2O. The number of carbonyl (C=O) groups is 1. The highest BCUT2D eigenvalue weighted by Gasteiger charge is 2.17. The zero-order valence-corrected chi connectivity index (χ0v) is 11.1. The van der Waals surface area contributed by atoms with Crippen LogP contribution in [0.25, 0.3) is 0 Å². The van der Waals surface area contributed by atoms with Crippen molar-refractivity contribution in [2.75, 3.05) is 26.2 Å². The summed E-state index contributed by atoms with van der Waals surface area (Å²) in [6.07, 6.45) is 3.03. The normalized spacial score (nSPS) is 15.1. The van der Waals surface area contributed by atoms with Gasteiger partial charge < -0.3 is 10.2 Å². The summed E-state index contributed by atoms with van der Waals surface area (Å²) >= 11 is 0. The molecule has 1 aromatic carbocycles. The SMILES string of the molecule is CCCNCC(=O)N1CCc2ccccc2CC1. The second-order valence-electron chi connectivity index (χ2n) is 4.83. The molecule has 1 amide bonds. The van der Waals surface area contributed by atoms with Crippen molar-refractivity contribution in [3.05, 3.63) is 35.4 Å². The topological polar surface area (TPSA) is 32.3 Å². The van der Waals surface area contributed by atoms with E-state index < -0.39 is 0 Å². The number of nitrogens with one attached hydrogen (secondary N) is 1. The van der Waals surface area contributed by atoms with Gasteiger partial charge in [-0.1, -0.05) is 31.2 Å². The van der Waals surface area contributed by atoms with Crippen molar-refractivity contribution in [1.82, 2.24) is 10.2 Å². The summed E-state index contributed by atoms with van der Waals surface area (Å²) in [6, 6.07) is 8.52. The quantitative estimate of drug-likeness (QED) is 0.819. The van der Waals surface area contributed by atoms with Crippen LogP contribution >= 0.6 is 0 Å². The van der Waals surface area contributed by atoms with E-state index >= 15 is 0 Å². The Hall–Kier alpha value is -1.35. The molecule has 0 radical (unpaired) electrons. The average molecular weight is 246 g/mol. The van der Waals surface area contributed by atoms with Crippen LogP contribution in [-0.4, -0.2) is 37.0 Å². The van der Waals surface area contributed by atoms with Crippen molar-refractivity contribution in [2.45, 2.75) is 26.2 Å². The average Bonchev–Trinajstić information content (AvgIpc) is 2.61. The second-order valence-corrected chi connectivity index (χ2v) is 4.83. The number of carbonyl (C=O) groups excluding carboxylic acids is 1. The summed E-state index contributed by atoms with van der Waals surface area (Å²) in [4.78, 5) is 14.0. The maximum atomic E-state index is 12.0. The summed E-state index contributed by atoms with van der Waals surface area (Å²) in [6.45, 7) is 5.21.